The lowest BCUT2D eigenvalue weighted by Gasteiger charge is -2.40. The number of hydrogen-bond donors (Lipinski definition) is 1. The number of likely N-dealkylation sites (N-methyl/N-ethyl adjacent to an activating group) is 1. The maximum atomic E-state index is 6.46. The van der Waals surface area contributed by atoms with E-state index in [9.17, 15) is 0 Å². The van der Waals surface area contributed by atoms with Gasteiger partial charge in [0.15, 0.2) is 0 Å². The van der Waals surface area contributed by atoms with Crippen LogP contribution < -0.4 is 10.1 Å². The van der Waals surface area contributed by atoms with Crippen molar-refractivity contribution in [3.8, 4) is 5.75 Å². The minimum Gasteiger partial charge on any atom is -0.496 e. The quantitative estimate of drug-likeness (QED) is 0.906. The number of rotatable bonds is 5. The number of nitrogens with zero attached hydrogens (tertiary/aromatic N) is 1. The molecule has 0 bridgehead atoms. The molecule has 1 N–H and O–H groups in total. The van der Waals surface area contributed by atoms with Crippen LogP contribution in [0.15, 0.2) is 18.2 Å². The molecular weight excluding hydrogens is 288 g/mol. The second-order valence-electron chi connectivity index (χ2n) is 5.87. The van der Waals surface area contributed by atoms with Crippen molar-refractivity contribution in [2.45, 2.75) is 31.0 Å². The number of ether oxygens (including phenoxy) is 2. The van der Waals surface area contributed by atoms with Crippen molar-refractivity contribution >= 4 is 11.6 Å². The van der Waals surface area contributed by atoms with Gasteiger partial charge in [0.1, 0.15) is 5.75 Å². The fraction of sp³-hybridized carbons (Fsp3) is 0.625. The Morgan fingerprint density at radius 1 is 1.43 bits per heavy atom. The van der Waals surface area contributed by atoms with E-state index in [1.165, 1.54) is 12.8 Å². The van der Waals surface area contributed by atoms with E-state index >= 15 is 0 Å². The number of hydrogen-bond acceptors (Lipinski definition) is 4. The third-order valence-electron chi connectivity index (χ3n) is 4.32. The number of benzene rings is 1. The van der Waals surface area contributed by atoms with Gasteiger partial charge in [-0.3, -0.25) is 4.90 Å². The summed E-state index contributed by atoms with van der Waals surface area (Å²) in [4.78, 5) is 2.31. The minimum absolute atomic E-state index is 0.0955. The molecule has 1 saturated heterocycles. The van der Waals surface area contributed by atoms with E-state index in [0.29, 0.717) is 6.04 Å². The topological polar surface area (TPSA) is 33.7 Å². The van der Waals surface area contributed by atoms with Crippen LogP contribution in [0, 0.1) is 0 Å². The predicted octanol–water partition coefficient (Wildman–Crippen LogP) is 2.47. The molecule has 2 aliphatic rings. The summed E-state index contributed by atoms with van der Waals surface area (Å²) in [5, 5.41) is 4.31. The summed E-state index contributed by atoms with van der Waals surface area (Å²) in [6.07, 6.45) is 2.66. The third-order valence-corrected chi connectivity index (χ3v) is 4.65. The molecule has 2 unspecified atom stereocenters. The molecule has 116 valence electrons. The van der Waals surface area contributed by atoms with Crippen LogP contribution in [-0.2, 0) is 4.74 Å². The molecule has 1 aromatic rings. The zero-order chi connectivity index (χ0) is 14.8. The smallest absolute Gasteiger partial charge is 0.125 e. The first kappa shape index (κ1) is 15.1. The fourth-order valence-corrected chi connectivity index (χ4v) is 3.27. The van der Waals surface area contributed by atoms with Crippen molar-refractivity contribution in [3.05, 3.63) is 28.8 Å². The van der Waals surface area contributed by atoms with Gasteiger partial charge in [-0.1, -0.05) is 17.7 Å². The molecule has 4 nitrogen and oxygen atoms in total. The predicted molar refractivity (Wildman–Crippen MR) is 84.1 cm³/mol. The van der Waals surface area contributed by atoms with Crippen LogP contribution in [0.4, 0.5) is 0 Å². The molecule has 0 radical (unpaired) electrons. The van der Waals surface area contributed by atoms with Crippen LogP contribution in [0.5, 0.6) is 5.75 Å². The first-order chi connectivity index (χ1) is 10.2. The molecular formula is C16H23ClN2O2. The minimum atomic E-state index is 0.0955. The largest absolute Gasteiger partial charge is 0.496 e. The summed E-state index contributed by atoms with van der Waals surface area (Å²) in [6.45, 7) is 2.52. The molecule has 1 aliphatic carbocycles. The first-order valence-corrected chi connectivity index (χ1v) is 7.96. The average Bonchev–Trinajstić information content (AvgIpc) is 3.30. The van der Waals surface area contributed by atoms with Crippen molar-refractivity contribution < 1.29 is 9.47 Å². The van der Waals surface area contributed by atoms with Gasteiger partial charge < -0.3 is 14.8 Å². The maximum absolute atomic E-state index is 6.46. The normalized spacial score (nSPS) is 26.8. The van der Waals surface area contributed by atoms with E-state index in [2.05, 4.69) is 17.3 Å². The summed E-state index contributed by atoms with van der Waals surface area (Å²) in [5.41, 5.74) is 1.03. The van der Waals surface area contributed by atoms with E-state index < -0.39 is 0 Å². The highest BCUT2D eigenvalue weighted by Crippen LogP contribution is 2.39. The second kappa shape index (κ2) is 6.53. The Labute approximate surface area is 131 Å². The summed E-state index contributed by atoms with van der Waals surface area (Å²) in [7, 11) is 3.82. The van der Waals surface area contributed by atoms with Crippen LogP contribution in [0.25, 0.3) is 0 Å². The highest BCUT2D eigenvalue weighted by atomic mass is 35.5. The average molecular weight is 311 g/mol. The highest BCUT2D eigenvalue weighted by Gasteiger charge is 2.35. The van der Waals surface area contributed by atoms with Gasteiger partial charge in [0.2, 0.25) is 0 Å². The zero-order valence-corrected chi connectivity index (χ0v) is 13.4. The Kier molecular flexibility index (Phi) is 4.69. The van der Waals surface area contributed by atoms with Gasteiger partial charge in [-0.25, -0.2) is 0 Å². The van der Waals surface area contributed by atoms with Crippen LogP contribution in [-0.4, -0.2) is 50.9 Å². The Morgan fingerprint density at radius 3 is 2.95 bits per heavy atom. The monoisotopic (exact) mass is 310 g/mol. The van der Waals surface area contributed by atoms with Crippen LogP contribution >= 0.6 is 11.6 Å². The van der Waals surface area contributed by atoms with E-state index in [0.717, 1.165) is 36.0 Å². The molecule has 2 atom stereocenters. The lowest BCUT2D eigenvalue weighted by molar-refractivity contribution is -0.0620. The van der Waals surface area contributed by atoms with Gasteiger partial charge in [0, 0.05) is 29.7 Å². The molecule has 5 heteroatoms. The number of halogens is 1. The van der Waals surface area contributed by atoms with Crippen molar-refractivity contribution in [1.29, 1.82) is 0 Å². The van der Waals surface area contributed by atoms with Gasteiger partial charge in [0.05, 0.1) is 25.9 Å². The molecule has 0 amide bonds. The zero-order valence-electron chi connectivity index (χ0n) is 12.6. The number of morpholine rings is 1. The van der Waals surface area contributed by atoms with Gasteiger partial charge >= 0.3 is 0 Å². The molecule has 1 aliphatic heterocycles. The lowest BCUT2D eigenvalue weighted by atomic mass is 9.97. The molecule has 2 fully saturated rings. The third kappa shape index (κ3) is 3.34. The van der Waals surface area contributed by atoms with E-state index in [4.69, 9.17) is 21.1 Å². The lowest BCUT2D eigenvalue weighted by Crippen LogP contribution is -2.48. The Hall–Kier alpha value is -0.810. The van der Waals surface area contributed by atoms with Crippen molar-refractivity contribution in [2.24, 2.45) is 0 Å². The van der Waals surface area contributed by atoms with E-state index in [-0.39, 0.29) is 12.1 Å². The second-order valence-corrected chi connectivity index (χ2v) is 6.28. The van der Waals surface area contributed by atoms with Crippen molar-refractivity contribution in [2.75, 3.05) is 33.9 Å². The summed E-state index contributed by atoms with van der Waals surface area (Å²) in [5.74, 6) is 0.835. The Balaban J connectivity index is 1.87. The van der Waals surface area contributed by atoms with Crippen LogP contribution in [0.2, 0.25) is 5.02 Å². The first-order valence-electron chi connectivity index (χ1n) is 7.58. The maximum Gasteiger partial charge on any atom is 0.125 e. The summed E-state index contributed by atoms with van der Waals surface area (Å²) in [6, 6.07) is 6.61. The molecule has 1 aromatic carbocycles. The molecule has 1 saturated carbocycles. The summed E-state index contributed by atoms with van der Waals surface area (Å²) >= 11 is 6.46. The van der Waals surface area contributed by atoms with Crippen LogP contribution in [0.3, 0.4) is 0 Å². The van der Waals surface area contributed by atoms with Gasteiger partial charge in [-0.05, 0) is 32.0 Å². The van der Waals surface area contributed by atoms with Crippen molar-refractivity contribution in [3.63, 3.8) is 0 Å². The van der Waals surface area contributed by atoms with E-state index in [1.54, 1.807) is 7.11 Å². The number of methoxy groups -OCH3 is 1. The van der Waals surface area contributed by atoms with Gasteiger partial charge in [0.25, 0.3) is 0 Å². The number of nitrogens with one attached hydrogen (secondary N) is 1. The Morgan fingerprint density at radius 2 is 2.24 bits per heavy atom. The standard InChI is InChI=1S/C16H23ClN2O2/c1-19-8-9-21-14(10-18-11-6-7-11)16(19)15-12(17)4-3-5-13(15)20-2/h3-5,11,14,16,18H,6-10H2,1-2H3. The van der Waals surface area contributed by atoms with Crippen molar-refractivity contribution in [1.82, 2.24) is 10.2 Å². The molecule has 1 heterocycles. The Bertz CT molecular complexity index is 493. The van der Waals surface area contributed by atoms with E-state index in [1.807, 2.05) is 18.2 Å². The molecule has 0 aromatic heterocycles. The fourth-order valence-electron chi connectivity index (χ4n) is 2.99. The summed E-state index contributed by atoms with van der Waals surface area (Å²) < 4.78 is 11.6. The van der Waals surface area contributed by atoms with Gasteiger partial charge in [-0.15, -0.1) is 0 Å². The molecule has 21 heavy (non-hydrogen) atoms. The molecule has 0 spiro atoms. The van der Waals surface area contributed by atoms with Crippen LogP contribution in [0.1, 0.15) is 24.4 Å². The SMILES string of the molecule is COc1cccc(Cl)c1C1C(CNC2CC2)OCCN1C. The van der Waals surface area contributed by atoms with Gasteiger partial charge in [-0.2, -0.15) is 0 Å². The molecule has 3 rings (SSSR count). The highest BCUT2D eigenvalue weighted by molar-refractivity contribution is 6.31.